The molecule has 3 saturated carbocycles. The van der Waals surface area contributed by atoms with Gasteiger partial charge in [0.05, 0.1) is 9.11 Å². The van der Waals surface area contributed by atoms with Crippen molar-refractivity contribution in [2.75, 3.05) is 5.32 Å². The van der Waals surface area contributed by atoms with E-state index in [2.05, 4.69) is 18.0 Å². The van der Waals surface area contributed by atoms with Crippen LogP contribution in [0.25, 0.3) is 0 Å². The molecule has 194 valence electrons. The lowest BCUT2D eigenvalue weighted by atomic mass is 9.44. The molecule has 1 amide bonds. The molecule has 37 heavy (non-hydrogen) atoms. The van der Waals surface area contributed by atoms with Gasteiger partial charge in [-0.05, 0) is 72.9 Å². The van der Waals surface area contributed by atoms with Crippen LogP contribution < -0.4 is 5.32 Å². The highest BCUT2D eigenvalue weighted by atomic mass is 32.2. The Morgan fingerprint density at radius 3 is 2.73 bits per heavy atom. The predicted molar refractivity (Wildman–Crippen MR) is 143 cm³/mol. The molecule has 0 unspecified atom stereocenters. The van der Waals surface area contributed by atoms with Crippen molar-refractivity contribution in [3.05, 3.63) is 58.3 Å². The van der Waals surface area contributed by atoms with Crippen LogP contribution in [-0.4, -0.2) is 33.0 Å². The van der Waals surface area contributed by atoms with E-state index in [4.69, 9.17) is 0 Å². The maximum Gasteiger partial charge on any atom is 0.339 e. The summed E-state index contributed by atoms with van der Waals surface area (Å²) in [5.74, 6) is -2.50. The molecular weight excluding hydrogens is 510 g/mol. The minimum absolute atomic E-state index is 0.0203. The minimum Gasteiger partial charge on any atom is -0.506 e. The molecule has 4 N–H and O–H groups in total. The number of aromatic hydroxyl groups is 2. The zero-order valence-electron chi connectivity index (χ0n) is 20.5. The number of phenols is 2. The Hall–Kier alpha value is -3.04. The highest BCUT2D eigenvalue weighted by molar-refractivity contribution is 8.05. The molecule has 7 nitrogen and oxygen atoms in total. The Morgan fingerprint density at radius 2 is 2.05 bits per heavy atom. The van der Waals surface area contributed by atoms with E-state index >= 15 is 0 Å². The fourth-order valence-electron chi connectivity index (χ4n) is 6.53. The number of hydrogen-bond donors (Lipinski definition) is 4. The van der Waals surface area contributed by atoms with E-state index in [1.54, 1.807) is 11.3 Å². The van der Waals surface area contributed by atoms with Crippen LogP contribution in [0.15, 0.2) is 57.0 Å². The maximum atomic E-state index is 14.0. The Labute approximate surface area is 223 Å². The van der Waals surface area contributed by atoms with Crippen LogP contribution in [0.4, 0.5) is 5.69 Å². The van der Waals surface area contributed by atoms with Crippen LogP contribution in [-0.2, 0) is 9.59 Å². The van der Waals surface area contributed by atoms with Crippen LogP contribution >= 0.6 is 23.1 Å². The van der Waals surface area contributed by atoms with Gasteiger partial charge in [-0.3, -0.25) is 9.59 Å². The number of thioether (sulfide) groups is 1. The Balaban J connectivity index is 1.41. The molecule has 1 heterocycles. The molecular formula is C28H29NO6S2. The highest BCUT2D eigenvalue weighted by Crippen LogP contribution is 2.66. The van der Waals surface area contributed by atoms with Crippen LogP contribution in [0.1, 0.15) is 55.8 Å². The first kappa shape index (κ1) is 25.6. The van der Waals surface area contributed by atoms with Crippen LogP contribution in [0.3, 0.4) is 0 Å². The molecule has 9 heteroatoms. The number of ketones is 1. The quantitative estimate of drug-likeness (QED) is 0.244. The normalized spacial score (nSPS) is 28.5. The number of fused-ring (bicyclic) bond motifs is 2. The fourth-order valence-corrected chi connectivity index (χ4v) is 8.59. The number of carboxylic acids is 1. The first-order valence-electron chi connectivity index (χ1n) is 12.3. The molecule has 3 fully saturated rings. The van der Waals surface area contributed by atoms with Crippen molar-refractivity contribution in [1.29, 1.82) is 0 Å². The number of carboxylic acid groups (broad SMARTS) is 1. The van der Waals surface area contributed by atoms with Crippen molar-refractivity contribution in [2.45, 2.75) is 49.7 Å². The van der Waals surface area contributed by atoms with Gasteiger partial charge in [-0.1, -0.05) is 43.0 Å². The summed E-state index contributed by atoms with van der Waals surface area (Å²) < 4.78 is 1.04. The number of carbonyl (C=O) groups is 3. The highest BCUT2D eigenvalue weighted by Gasteiger charge is 2.60. The maximum absolute atomic E-state index is 14.0. The second kappa shape index (κ2) is 9.36. The zero-order chi connectivity index (χ0) is 26.5. The number of rotatable bonds is 7. The van der Waals surface area contributed by atoms with Crippen molar-refractivity contribution in [2.24, 2.45) is 22.7 Å². The van der Waals surface area contributed by atoms with Crippen LogP contribution in [0, 0.1) is 22.7 Å². The Morgan fingerprint density at radius 1 is 1.27 bits per heavy atom. The molecule has 1 aromatic heterocycles. The number of amides is 1. The molecule has 0 radical (unpaired) electrons. The first-order chi connectivity index (χ1) is 17.5. The fraction of sp³-hybridized carbons (Fsp3) is 0.393. The topological polar surface area (TPSA) is 124 Å². The molecule has 1 spiro atoms. The number of thiophene rings is 1. The first-order valence-corrected chi connectivity index (χ1v) is 14.0. The van der Waals surface area contributed by atoms with E-state index in [1.807, 2.05) is 24.4 Å². The molecule has 0 aliphatic heterocycles. The second-order valence-electron chi connectivity index (χ2n) is 10.6. The van der Waals surface area contributed by atoms with Gasteiger partial charge in [0.2, 0.25) is 5.91 Å². The molecule has 6 rings (SSSR count). The number of benzene rings is 1. The van der Waals surface area contributed by atoms with Gasteiger partial charge in [-0.2, -0.15) is 0 Å². The summed E-state index contributed by atoms with van der Waals surface area (Å²) in [5.41, 5.74) is -0.445. The SMILES string of the molecule is C=C1C[C@]23C=C(Sc4cccs4)C(=O)[C@@](C)(CCC(=O)Nc4c(O)ccc(C(=O)O)c4O)[C@@H]2C[C@H]1CC3. The number of nitrogens with one attached hydrogen (secondary N) is 1. The molecule has 4 atom stereocenters. The number of hydrogen-bond acceptors (Lipinski definition) is 7. The Bertz CT molecular complexity index is 1330. The van der Waals surface area contributed by atoms with Crippen molar-refractivity contribution in [3.63, 3.8) is 0 Å². The summed E-state index contributed by atoms with van der Waals surface area (Å²) in [6, 6.07) is 6.14. The van der Waals surface area contributed by atoms with Gasteiger partial charge in [-0.25, -0.2) is 4.79 Å². The van der Waals surface area contributed by atoms with E-state index < -0.39 is 34.4 Å². The number of Topliss-reactive ketones (excluding diaryl/α,β-unsaturated/α-hetero) is 1. The molecule has 2 bridgehead atoms. The van der Waals surface area contributed by atoms with E-state index in [9.17, 15) is 29.7 Å². The summed E-state index contributed by atoms with van der Waals surface area (Å²) in [7, 11) is 0. The Kier molecular flexibility index (Phi) is 6.48. The summed E-state index contributed by atoms with van der Waals surface area (Å²) in [5, 5.41) is 34.1. The van der Waals surface area contributed by atoms with Gasteiger partial charge in [0, 0.05) is 11.8 Å². The summed E-state index contributed by atoms with van der Waals surface area (Å²) >= 11 is 3.08. The molecule has 4 aliphatic carbocycles. The number of phenolic OH excluding ortho intramolecular Hbond substituents is 1. The van der Waals surface area contributed by atoms with Gasteiger partial charge < -0.3 is 20.6 Å². The number of carbonyl (C=O) groups excluding carboxylic acids is 2. The molecule has 4 aliphatic rings. The van der Waals surface area contributed by atoms with Gasteiger partial charge in [0.25, 0.3) is 0 Å². The monoisotopic (exact) mass is 539 g/mol. The lowest BCUT2D eigenvalue weighted by molar-refractivity contribution is -0.136. The van der Waals surface area contributed by atoms with E-state index in [0.717, 1.165) is 46.9 Å². The lowest BCUT2D eigenvalue weighted by Crippen LogP contribution is -2.55. The summed E-state index contributed by atoms with van der Waals surface area (Å²) in [6.45, 7) is 6.31. The average Bonchev–Trinajstić information content (AvgIpc) is 3.36. The third-order valence-electron chi connectivity index (χ3n) is 8.46. The standard InChI is InChI=1S/C28H29NO6S2/c1-15-13-28-10-7-16(15)12-20(28)27(2,25(33)19(14-28)37-22-4-3-11-36-22)9-8-21(31)29-23-18(30)6-5-17(24(23)32)26(34)35/h3-6,11,14,16,20,30,32H,1,7-10,12-13H2,2H3,(H,29,31)(H,34,35)/t16-,20+,27+,28-/m1/s1. The van der Waals surface area contributed by atoms with E-state index in [1.165, 1.54) is 17.3 Å². The van der Waals surface area contributed by atoms with Crippen LogP contribution in [0.2, 0.25) is 0 Å². The molecule has 2 aromatic rings. The van der Waals surface area contributed by atoms with Crippen molar-refractivity contribution in [3.8, 4) is 11.5 Å². The third-order valence-corrected chi connectivity index (χ3v) is 10.5. The smallest absolute Gasteiger partial charge is 0.339 e. The van der Waals surface area contributed by atoms with Gasteiger partial charge in [0.15, 0.2) is 11.5 Å². The molecule has 0 saturated heterocycles. The van der Waals surface area contributed by atoms with E-state index in [0.29, 0.717) is 12.3 Å². The lowest BCUT2D eigenvalue weighted by Gasteiger charge is -2.59. The second-order valence-corrected chi connectivity index (χ2v) is 12.9. The number of allylic oxidation sites excluding steroid dienone is 3. The average molecular weight is 540 g/mol. The van der Waals surface area contributed by atoms with Crippen molar-refractivity contribution in [1.82, 2.24) is 0 Å². The van der Waals surface area contributed by atoms with Gasteiger partial charge in [-0.15, -0.1) is 11.3 Å². The van der Waals surface area contributed by atoms with Gasteiger partial charge >= 0.3 is 5.97 Å². The minimum atomic E-state index is -1.38. The predicted octanol–water partition coefficient (Wildman–Crippen LogP) is 6.20. The van der Waals surface area contributed by atoms with Crippen LogP contribution in [0.5, 0.6) is 11.5 Å². The molecule has 1 aromatic carbocycles. The van der Waals surface area contributed by atoms with Crippen molar-refractivity contribution < 1.29 is 29.7 Å². The summed E-state index contributed by atoms with van der Waals surface area (Å²) in [6.07, 6.45) is 6.26. The van der Waals surface area contributed by atoms with E-state index in [-0.39, 0.29) is 29.2 Å². The summed E-state index contributed by atoms with van der Waals surface area (Å²) in [4.78, 5) is 39.0. The van der Waals surface area contributed by atoms with Crippen molar-refractivity contribution >= 4 is 46.4 Å². The largest absolute Gasteiger partial charge is 0.506 e. The third kappa shape index (κ3) is 4.38. The number of anilines is 1. The van der Waals surface area contributed by atoms with Gasteiger partial charge in [0.1, 0.15) is 17.0 Å². The number of aromatic carboxylic acids is 1. The zero-order valence-corrected chi connectivity index (χ0v) is 22.1.